The van der Waals surface area contributed by atoms with Gasteiger partial charge in [0.2, 0.25) is 0 Å². The van der Waals surface area contributed by atoms with Crippen LogP contribution in [0.4, 0.5) is 17.6 Å². The smallest absolute Gasteiger partial charge is 0.339 e. The van der Waals surface area contributed by atoms with E-state index < -0.39 is 23.5 Å². The summed E-state index contributed by atoms with van der Waals surface area (Å²) in [6, 6.07) is 8.26. The van der Waals surface area contributed by atoms with Gasteiger partial charge in [0.25, 0.3) is 5.91 Å². The molecule has 0 saturated carbocycles. The van der Waals surface area contributed by atoms with Crippen molar-refractivity contribution in [1.29, 1.82) is 0 Å². The molecule has 0 spiro atoms. The number of benzene rings is 2. The number of rotatable bonds is 2. The van der Waals surface area contributed by atoms with Gasteiger partial charge >= 0.3 is 6.18 Å². The monoisotopic (exact) mass is 402 g/mol. The first-order chi connectivity index (χ1) is 12.3. The third kappa shape index (κ3) is 4.78. The molecule has 0 atom stereocenters. The van der Waals surface area contributed by atoms with E-state index in [4.69, 9.17) is 5.73 Å². The van der Waals surface area contributed by atoms with Crippen molar-refractivity contribution in [3.05, 3.63) is 59.4 Å². The van der Waals surface area contributed by atoms with Gasteiger partial charge < -0.3 is 10.6 Å². The summed E-state index contributed by atoms with van der Waals surface area (Å²) in [7, 11) is 0. The Morgan fingerprint density at radius 1 is 1.07 bits per heavy atom. The summed E-state index contributed by atoms with van der Waals surface area (Å²) < 4.78 is 52.7. The van der Waals surface area contributed by atoms with Gasteiger partial charge in [-0.15, -0.1) is 12.4 Å². The van der Waals surface area contributed by atoms with Crippen LogP contribution in [0.3, 0.4) is 0 Å². The molecular weight excluding hydrogens is 384 g/mol. The molecule has 3 rings (SSSR count). The molecule has 1 heterocycles. The van der Waals surface area contributed by atoms with Crippen LogP contribution in [0.15, 0.2) is 42.5 Å². The van der Waals surface area contributed by atoms with Crippen molar-refractivity contribution >= 4 is 18.3 Å². The number of hydrogen-bond acceptors (Lipinski definition) is 2. The van der Waals surface area contributed by atoms with Crippen molar-refractivity contribution in [3.8, 4) is 11.1 Å². The number of likely N-dealkylation sites (tertiary alicyclic amines) is 1. The Morgan fingerprint density at radius 3 is 2.37 bits per heavy atom. The molecule has 2 N–H and O–H groups in total. The topological polar surface area (TPSA) is 46.3 Å². The van der Waals surface area contributed by atoms with E-state index >= 15 is 0 Å². The Morgan fingerprint density at radius 2 is 1.74 bits per heavy atom. The number of halogens is 5. The van der Waals surface area contributed by atoms with E-state index in [0.29, 0.717) is 25.9 Å². The highest BCUT2D eigenvalue weighted by atomic mass is 35.5. The van der Waals surface area contributed by atoms with Gasteiger partial charge in [-0.3, -0.25) is 4.79 Å². The first-order valence-corrected chi connectivity index (χ1v) is 8.28. The van der Waals surface area contributed by atoms with Gasteiger partial charge in [-0.05, 0) is 48.2 Å². The first-order valence-electron chi connectivity index (χ1n) is 8.28. The maximum absolute atomic E-state index is 13.8. The second-order valence-corrected chi connectivity index (χ2v) is 6.40. The summed E-state index contributed by atoms with van der Waals surface area (Å²) in [6.07, 6.45) is -3.22. The lowest BCUT2D eigenvalue weighted by molar-refractivity contribution is -0.137. The fraction of sp³-hybridized carbons (Fsp3) is 0.316. The number of hydrogen-bond donors (Lipinski definition) is 1. The van der Waals surface area contributed by atoms with Crippen LogP contribution in [0.2, 0.25) is 0 Å². The molecule has 2 aromatic rings. The third-order valence-electron chi connectivity index (χ3n) is 4.54. The molecule has 0 bridgehead atoms. The van der Waals surface area contributed by atoms with Crippen LogP contribution in [-0.2, 0) is 6.18 Å². The normalized spacial score (nSPS) is 15.4. The fourth-order valence-electron chi connectivity index (χ4n) is 3.08. The van der Waals surface area contributed by atoms with Crippen LogP contribution >= 0.6 is 12.4 Å². The zero-order valence-corrected chi connectivity index (χ0v) is 15.1. The SMILES string of the molecule is Cl.NC1CCN(C(=O)c2cc(F)ccc2-c2cccc(C(F)(F)F)c2)CC1. The Kier molecular flexibility index (Phi) is 6.49. The Labute approximate surface area is 160 Å². The summed E-state index contributed by atoms with van der Waals surface area (Å²) in [4.78, 5) is 14.4. The molecule has 0 aromatic heterocycles. The molecule has 1 fully saturated rings. The highest BCUT2D eigenvalue weighted by Crippen LogP contribution is 2.33. The molecule has 0 aliphatic carbocycles. The quantitative estimate of drug-likeness (QED) is 0.752. The van der Waals surface area contributed by atoms with Crippen molar-refractivity contribution < 1.29 is 22.4 Å². The second kappa shape index (κ2) is 8.27. The number of amides is 1. The summed E-state index contributed by atoms with van der Waals surface area (Å²) in [5.74, 6) is -1.01. The molecule has 146 valence electrons. The maximum Gasteiger partial charge on any atom is 0.416 e. The van der Waals surface area contributed by atoms with Gasteiger partial charge in [0.15, 0.2) is 0 Å². The van der Waals surface area contributed by atoms with Gasteiger partial charge in [-0.1, -0.05) is 18.2 Å². The molecule has 8 heteroatoms. The fourth-order valence-corrected chi connectivity index (χ4v) is 3.08. The number of nitrogens with zero attached hydrogens (tertiary/aromatic N) is 1. The van der Waals surface area contributed by atoms with Gasteiger partial charge in [-0.2, -0.15) is 13.2 Å². The predicted molar refractivity (Wildman–Crippen MR) is 97.2 cm³/mol. The van der Waals surface area contributed by atoms with E-state index in [-0.39, 0.29) is 35.1 Å². The molecular formula is C19H19ClF4N2O. The molecule has 3 nitrogen and oxygen atoms in total. The molecule has 1 aliphatic heterocycles. The van der Waals surface area contributed by atoms with E-state index in [0.717, 1.165) is 24.3 Å². The van der Waals surface area contributed by atoms with Crippen molar-refractivity contribution in [3.63, 3.8) is 0 Å². The van der Waals surface area contributed by atoms with Crippen LogP contribution in [0.5, 0.6) is 0 Å². The number of alkyl halides is 3. The lowest BCUT2D eigenvalue weighted by atomic mass is 9.96. The van der Waals surface area contributed by atoms with Gasteiger partial charge in [-0.25, -0.2) is 4.39 Å². The Bertz CT molecular complexity index is 818. The van der Waals surface area contributed by atoms with Crippen LogP contribution in [0.1, 0.15) is 28.8 Å². The Hall–Kier alpha value is -2.12. The largest absolute Gasteiger partial charge is 0.416 e. The molecule has 1 aliphatic rings. The average Bonchev–Trinajstić information content (AvgIpc) is 2.61. The second-order valence-electron chi connectivity index (χ2n) is 6.40. The average molecular weight is 403 g/mol. The number of piperidine rings is 1. The van der Waals surface area contributed by atoms with E-state index in [1.165, 1.54) is 18.2 Å². The van der Waals surface area contributed by atoms with Crippen LogP contribution < -0.4 is 5.73 Å². The summed E-state index contributed by atoms with van der Waals surface area (Å²) in [5.41, 5.74) is 5.57. The van der Waals surface area contributed by atoms with Crippen LogP contribution in [0, 0.1) is 5.82 Å². The minimum absolute atomic E-state index is 0. The third-order valence-corrected chi connectivity index (χ3v) is 4.54. The number of nitrogens with two attached hydrogens (primary N) is 1. The van der Waals surface area contributed by atoms with E-state index in [9.17, 15) is 22.4 Å². The molecule has 27 heavy (non-hydrogen) atoms. The van der Waals surface area contributed by atoms with E-state index in [1.807, 2.05) is 0 Å². The highest BCUT2D eigenvalue weighted by Gasteiger charge is 2.31. The van der Waals surface area contributed by atoms with E-state index in [1.54, 1.807) is 4.90 Å². The van der Waals surface area contributed by atoms with Gasteiger partial charge in [0.05, 0.1) is 11.1 Å². The number of carbonyl (C=O) groups excluding carboxylic acids is 1. The van der Waals surface area contributed by atoms with Gasteiger partial charge in [0, 0.05) is 19.1 Å². The van der Waals surface area contributed by atoms with Crippen LogP contribution in [0.25, 0.3) is 11.1 Å². The van der Waals surface area contributed by atoms with Crippen molar-refractivity contribution in [1.82, 2.24) is 4.90 Å². The summed E-state index contributed by atoms with van der Waals surface area (Å²) >= 11 is 0. The maximum atomic E-state index is 13.8. The molecule has 2 aromatic carbocycles. The minimum atomic E-state index is -4.50. The standard InChI is InChI=1S/C19H18F4N2O.ClH/c20-14-4-5-16(12-2-1-3-13(10-12)19(21,22)23)17(11-14)18(26)25-8-6-15(24)7-9-25;/h1-5,10-11,15H,6-9,24H2;1H. The highest BCUT2D eigenvalue weighted by molar-refractivity contribution is 6.01. The first kappa shape index (κ1) is 21.2. The van der Waals surface area contributed by atoms with Crippen molar-refractivity contribution in [2.24, 2.45) is 5.73 Å². The zero-order chi connectivity index (χ0) is 18.9. The summed E-state index contributed by atoms with van der Waals surface area (Å²) in [5, 5.41) is 0. The van der Waals surface area contributed by atoms with Crippen LogP contribution in [-0.4, -0.2) is 29.9 Å². The van der Waals surface area contributed by atoms with E-state index in [2.05, 4.69) is 0 Å². The molecule has 1 amide bonds. The summed E-state index contributed by atoms with van der Waals surface area (Å²) in [6.45, 7) is 0.886. The zero-order valence-electron chi connectivity index (χ0n) is 14.3. The predicted octanol–water partition coefficient (Wildman–Crippen LogP) is 4.50. The molecule has 1 saturated heterocycles. The minimum Gasteiger partial charge on any atom is -0.339 e. The number of carbonyl (C=O) groups is 1. The lowest BCUT2D eigenvalue weighted by Crippen LogP contribution is -2.43. The van der Waals surface area contributed by atoms with Crippen molar-refractivity contribution in [2.75, 3.05) is 13.1 Å². The lowest BCUT2D eigenvalue weighted by Gasteiger charge is -2.30. The van der Waals surface area contributed by atoms with Crippen molar-refractivity contribution in [2.45, 2.75) is 25.1 Å². The molecule has 0 radical (unpaired) electrons. The molecule has 0 unspecified atom stereocenters. The van der Waals surface area contributed by atoms with Gasteiger partial charge in [0.1, 0.15) is 5.82 Å². The Balaban J connectivity index is 0.00000261.